The second-order valence-corrected chi connectivity index (χ2v) is 5.77. The van der Waals surface area contributed by atoms with E-state index in [1.165, 1.54) is 4.88 Å². The zero-order valence-corrected chi connectivity index (χ0v) is 11.9. The molecule has 2 aromatic rings. The summed E-state index contributed by atoms with van der Waals surface area (Å²) in [6, 6.07) is 2.49. The number of nitrogens with two attached hydrogens (primary N) is 1. The Morgan fingerprint density at radius 3 is 2.83 bits per heavy atom. The Bertz CT molecular complexity index is 523. The summed E-state index contributed by atoms with van der Waals surface area (Å²) < 4.78 is 0. The molecule has 4 nitrogen and oxygen atoms in total. The summed E-state index contributed by atoms with van der Waals surface area (Å²) in [5.74, 6) is 1.34. The van der Waals surface area contributed by atoms with Crippen LogP contribution in [0.5, 0.6) is 0 Å². The average Bonchev–Trinajstić information content (AvgIpc) is 2.81. The van der Waals surface area contributed by atoms with Crippen molar-refractivity contribution in [3.05, 3.63) is 17.3 Å². The van der Waals surface area contributed by atoms with Crippen LogP contribution < -0.4 is 11.1 Å². The third-order valence-electron chi connectivity index (χ3n) is 3.32. The highest BCUT2D eigenvalue weighted by Gasteiger charge is 2.14. The van der Waals surface area contributed by atoms with Crippen LogP contribution in [0, 0.1) is 5.92 Å². The molecule has 0 saturated carbocycles. The lowest BCUT2D eigenvalue weighted by atomic mass is 10.0. The van der Waals surface area contributed by atoms with Crippen LogP contribution in [-0.2, 0) is 6.42 Å². The summed E-state index contributed by atoms with van der Waals surface area (Å²) >= 11 is 1.74. The minimum absolute atomic E-state index is 0.304. The van der Waals surface area contributed by atoms with E-state index in [1.807, 2.05) is 0 Å². The van der Waals surface area contributed by atoms with Crippen LogP contribution in [0.2, 0.25) is 0 Å². The molecule has 0 aliphatic heterocycles. The van der Waals surface area contributed by atoms with Crippen molar-refractivity contribution >= 4 is 27.4 Å². The van der Waals surface area contributed by atoms with Gasteiger partial charge in [0, 0.05) is 10.9 Å². The smallest absolute Gasteiger partial charge is 0.138 e. The molecule has 5 heteroatoms. The lowest BCUT2D eigenvalue weighted by Crippen LogP contribution is -2.29. The van der Waals surface area contributed by atoms with E-state index in [9.17, 15) is 0 Å². The van der Waals surface area contributed by atoms with E-state index in [0.717, 1.165) is 22.5 Å². The summed E-state index contributed by atoms with van der Waals surface area (Å²) in [6.45, 7) is 7.11. The number of hydrogen-bond donors (Lipinski definition) is 2. The predicted molar refractivity (Wildman–Crippen MR) is 78.1 cm³/mol. The molecule has 0 radical (unpaired) electrons. The minimum Gasteiger partial charge on any atom is -0.367 e. The summed E-state index contributed by atoms with van der Waals surface area (Å²) in [5, 5.41) is 4.57. The van der Waals surface area contributed by atoms with E-state index in [2.05, 4.69) is 42.1 Å². The number of anilines is 1. The third-order valence-corrected chi connectivity index (χ3v) is 4.51. The number of nitrogens with one attached hydrogen (secondary N) is 1. The number of rotatable bonds is 5. The molecule has 0 saturated heterocycles. The maximum Gasteiger partial charge on any atom is 0.138 e. The van der Waals surface area contributed by atoms with E-state index < -0.39 is 0 Å². The average molecular weight is 264 g/mol. The van der Waals surface area contributed by atoms with Crippen LogP contribution in [0.3, 0.4) is 0 Å². The van der Waals surface area contributed by atoms with Gasteiger partial charge in [-0.2, -0.15) is 0 Å². The van der Waals surface area contributed by atoms with Crippen molar-refractivity contribution in [2.75, 3.05) is 11.9 Å². The predicted octanol–water partition coefficient (Wildman–Crippen LogP) is 2.65. The molecule has 2 heterocycles. The molecular formula is C13H20N4S. The van der Waals surface area contributed by atoms with Gasteiger partial charge in [0.2, 0.25) is 0 Å². The molecule has 0 bridgehead atoms. The van der Waals surface area contributed by atoms with E-state index in [1.54, 1.807) is 17.7 Å². The third kappa shape index (κ3) is 2.62. The Balaban J connectivity index is 2.30. The fourth-order valence-corrected chi connectivity index (χ4v) is 2.69. The molecular weight excluding hydrogens is 244 g/mol. The lowest BCUT2D eigenvalue weighted by molar-refractivity contribution is 0.520. The van der Waals surface area contributed by atoms with Gasteiger partial charge >= 0.3 is 0 Å². The summed E-state index contributed by atoms with van der Waals surface area (Å²) in [4.78, 5) is 11.1. The normalized spacial score (nSPS) is 14.7. The van der Waals surface area contributed by atoms with Gasteiger partial charge in [-0.15, -0.1) is 11.3 Å². The van der Waals surface area contributed by atoms with Crippen molar-refractivity contribution in [2.24, 2.45) is 11.7 Å². The first-order chi connectivity index (χ1) is 8.65. The molecule has 0 aromatic carbocycles. The Morgan fingerprint density at radius 1 is 1.39 bits per heavy atom. The molecule has 0 aliphatic rings. The van der Waals surface area contributed by atoms with Crippen molar-refractivity contribution in [2.45, 2.75) is 33.2 Å². The van der Waals surface area contributed by atoms with Crippen LogP contribution >= 0.6 is 11.3 Å². The maximum absolute atomic E-state index is 5.69. The lowest BCUT2D eigenvalue weighted by Gasteiger charge is -2.20. The largest absolute Gasteiger partial charge is 0.367 e. The molecule has 98 valence electrons. The molecule has 0 amide bonds. The van der Waals surface area contributed by atoms with E-state index in [4.69, 9.17) is 5.73 Å². The first kappa shape index (κ1) is 13.2. The number of aromatic nitrogens is 2. The Kier molecular flexibility index (Phi) is 4.14. The molecule has 0 spiro atoms. The van der Waals surface area contributed by atoms with Crippen molar-refractivity contribution in [1.29, 1.82) is 0 Å². The second kappa shape index (κ2) is 5.63. The molecule has 3 N–H and O–H groups in total. The monoisotopic (exact) mass is 264 g/mol. The zero-order chi connectivity index (χ0) is 13.1. The van der Waals surface area contributed by atoms with Crippen molar-refractivity contribution in [3.63, 3.8) is 0 Å². The van der Waals surface area contributed by atoms with Gasteiger partial charge in [-0.05, 0) is 31.9 Å². The van der Waals surface area contributed by atoms with Gasteiger partial charge in [-0.1, -0.05) is 13.8 Å². The number of hydrogen-bond acceptors (Lipinski definition) is 5. The molecule has 18 heavy (non-hydrogen) atoms. The van der Waals surface area contributed by atoms with Gasteiger partial charge < -0.3 is 11.1 Å². The zero-order valence-electron chi connectivity index (χ0n) is 11.1. The van der Waals surface area contributed by atoms with Crippen LogP contribution in [0.1, 0.15) is 25.6 Å². The van der Waals surface area contributed by atoms with Crippen LogP contribution in [0.4, 0.5) is 5.82 Å². The van der Waals surface area contributed by atoms with Gasteiger partial charge in [0.15, 0.2) is 0 Å². The quantitative estimate of drug-likeness (QED) is 0.871. The van der Waals surface area contributed by atoms with Crippen molar-refractivity contribution < 1.29 is 0 Å². The molecule has 0 fully saturated rings. The second-order valence-electron chi connectivity index (χ2n) is 4.65. The number of aryl methyl sites for hydroxylation is 1. The number of nitrogens with zero attached hydrogens (tertiary/aromatic N) is 2. The molecule has 2 rings (SSSR count). The van der Waals surface area contributed by atoms with Gasteiger partial charge in [0.25, 0.3) is 0 Å². The number of thiophene rings is 1. The molecule has 2 aromatic heterocycles. The topological polar surface area (TPSA) is 63.8 Å². The maximum atomic E-state index is 5.69. The van der Waals surface area contributed by atoms with Gasteiger partial charge in [0.05, 0.1) is 5.39 Å². The van der Waals surface area contributed by atoms with Gasteiger partial charge in [-0.25, -0.2) is 9.97 Å². The van der Waals surface area contributed by atoms with Crippen LogP contribution in [-0.4, -0.2) is 22.6 Å². The van der Waals surface area contributed by atoms with Gasteiger partial charge in [-0.3, -0.25) is 0 Å². The minimum atomic E-state index is 0.304. The molecule has 2 atom stereocenters. The summed E-state index contributed by atoms with van der Waals surface area (Å²) in [6.07, 6.45) is 2.66. The van der Waals surface area contributed by atoms with E-state index in [0.29, 0.717) is 18.5 Å². The Hall–Kier alpha value is -1.20. The fourth-order valence-electron chi connectivity index (χ4n) is 1.76. The number of fused-ring (bicyclic) bond motifs is 1. The SMILES string of the molecule is CCc1cc2c(NC(C)C(C)CN)ncnc2s1. The standard InChI is InChI=1S/C13H20N4S/c1-4-10-5-11-12(15-7-16-13(11)18-10)17-9(3)8(2)6-14/h5,7-9H,4,6,14H2,1-3H3,(H,15,16,17). The summed E-state index contributed by atoms with van der Waals surface area (Å²) in [7, 11) is 0. The Morgan fingerprint density at radius 2 is 2.17 bits per heavy atom. The Labute approximate surface area is 112 Å². The van der Waals surface area contributed by atoms with Crippen molar-refractivity contribution in [1.82, 2.24) is 9.97 Å². The first-order valence-corrected chi connectivity index (χ1v) is 7.17. The van der Waals surface area contributed by atoms with E-state index >= 15 is 0 Å². The van der Waals surface area contributed by atoms with Crippen LogP contribution in [0.15, 0.2) is 12.4 Å². The highest BCUT2D eigenvalue weighted by molar-refractivity contribution is 7.18. The fraction of sp³-hybridized carbons (Fsp3) is 0.538. The molecule has 2 unspecified atom stereocenters. The van der Waals surface area contributed by atoms with Gasteiger partial charge in [0.1, 0.15) is 17.0 Å². The van der Waals surface area contributed by atoms with Crippen LogP contribution in [0.25, 0.3) is 10.2 Å². The first-order valence-electron chi connectivity index (χ1n) is 6.35. The van der Waals surface area contributed by atoms with E-state index in [-0.39, 0.29) is 0 Å². The molecule has 0 aliphatic carbocycles. The highest BCUT2D eigenvalue weighted by atomic mass is 32.1. The highest BCUT2D eigenvalue weighted by Crippen LogP contribution is 2.29. The summed E-state index contributed by atoms with van der Waals surface area (Å²) in [5.41, 5.74) is 5.69. The van der Waals surface area contributed by atoms with Crippen molar-refractivity contribution in [3.8, 4) is 0 Å².